The minimum absolute atomic E-state index is 0. The van der Waals surface area contributed by atoms with Gasteiger partial charge < -0.3 is 0 Å². The van der Waals surface area contributed by atoms with Crippen molar-refractivity contribution in [3.8, 4) is 11.1 Å². The van der Waals surface area contributed by atoms with Gasteiger partial charge in [0.05, 0.1) is 0 Å². The Bertz CT molecular complexity index is 1900. The third-order valence-corrected chi connectivity index (χ3v) is 28.2. The molecule has 3 heteroatoms. The predicted molar refractivity (Wildman–Crippen MR) is 215 cm³/mol. The monoisotopic (exact) mass is 756 g/mol. The molecular formula is C45H56Cl2Zr. The van der Waals surface area contributed by atoms with E-state index < -0.39 is 18.3 Å². The summed E-state index contributed by atoms with van der Waals surface area (Å²) in [4.78, 5) is 0. The second-order valence-corrected chi connectivity index (χ2v) is 30.1. The van der Waals surface area contributed by atoms with E-state index in [0.29, 0.717) is 5.92 Å². The van der Waals surface area contributed by atoms with E-state index in [4.69, 9.17) is 4.21 Å². The summed E-state index contributed by atoms with van der Waals surface area (Å²) in [5, 5.41) is 0. The number of halogens is 2. The van der Waals surface area contributed by atoms with Gasteiger partial charge in [-0.1, -0.05) is 0 Å². The quantitative estimate of drug-likeness (QED) is 0.171. The normalized spacial score (nSPS) is 16.5. The molecule has 1 unspecified atom stereocenters. The van der Waals surface area contributed by atoms with Crippen LogP contribution in [0, 0.1) is 11.3 Å². The molecule has 0 radical (unpaired) electrons. The Kier molecular flexibility index (Phi) is 10.3. The van der Waals surface area contributed by atoms with Crippen molar-refractivity contribution in [1.29, 1.82) is 0 Å². The Hall–Kier alpha value is -2.31. The molecule has 0 N–H and O–H groups in total. The van der Waals surface area contributed by atoms with Crippen molar-refractivity contribution >= 4 is 38.8 Å². The Morgan fingerprint density at radius 2 is 1.08 bits per heavy atom. The van der Waals surface area contributed by atoms with Gasteiger partial charge in [0.25, 0.3) is 0 Å². The molecule has 0 nitrogen and oxygen atoms in total. The van der Waals surface area contributed by atoms with Crippen molar-refractivity contribution in [3.63, 3.8) is 0 Å². The van der Waals surface area contributed by atoms with Gasteiger partial charge in [0, 0.05) is 0 Å². The summed E-state index contributed by atoms with van der Waals surface area (Å²) >= 11 is -4.97. The molecule has 0 fully saturated rings. The summed E-state index contributed by atoms with van der Waals surface area (Å²) in [6, 6.07) is 35.8. The zero-order chi connectivity index (χ0) is 33.5. The molecule has 6 rings (SSSR count). The van der Waals surface area contributed by atoms with E-state index in [0.717, 1.165) is 6.42 Å². The summed E-state index contributed by atoms with van der Waals surface area (Å²) in [5.74, 6) is 0.293. The number of rotatable bonds is 4. The summed E-state index contributed by atoms with van der Waals surface area (Å²) < 4.78 is 11.8. The Labute approximate surface area is 304 Å². The second-order valence-electron chi connectivity index (χ2n) is 17.4. The standard InChI is InChI=1S/C13H9.C11H17.2C10H13.CH2.2ClH.Zr/c1-3-7-12-10(5-1)9-11-6-2-4-8-13(11)12;1-8-6-9(2)10(7-8)11(3,4)5;2*1-10(2,3)9-7-5-4-6-8-9;;;;/h1-5,7-8H,9H2;7-8H,1-5H3;2*5-8H,1-3H3;1H2;2*1H;. The van der Waals surface area contributed by atoms with Crippen LogP contribution in [0.5, 0.6) is 0 Å². The van der Waals surface area contributed by atoms with Gasteiger partial charge in [-0.3, -0.25) is 0 Å². The van der Waals surface area contributed by atoms with Crippen molar-refractivity contribution in [2.75, 3.05) is 0 Å². The van der Waals surface area contributed by atoms with Gasteiger partial charge in [0.2, 0.25) is 0 Å². The van der Waals surface area contributed by atoms with Gasteiger partial charge in [-0.2, -0.15) is 0 Å². The van der Waals surface area contributed by atoms with E-state index >= 15 is 0 Å². The Balaban J connectivity index is 0.00000260. The summed E-state index contributed by atoms with van der Waals surface area (Å²) in [5.41, 5.74) is 11.6. The van der Waals surface area contributed by atoms with Gasteiger partial charge in [-0.25, -0.2) is 0 Å². The third-order valence-electron chi connectivity index (χ3n) is 11.3. The van der Waals surface area contributed by atoms with E-state index in [1.54, 1.807) is 3.28 Å². The molecule has 2 aliphatic rings. The molecule has 0 amide bonds. The first-order valence-electron chi connectivity index (χ1n) is 17.3. The molecule has 1 atom stereocenters. The van der Waals surface area contributed by atoms with Gasteiger partial charge >= 0.3 is 282 Å². The molecule has 0 saturated heterocycles. The van der Waals surface area contributed by atoms with Crippen LogP contribution in [0.25, 0.3) is 11.1 Å². The first-order chi connectivity index (χ1) is 21.4. The fraction of sp³-hybridized carbons (Fsp3) is 0.356. The SMILES string of the molecule is Cl.Cl.[CH2]=[Zr]([C]1=C(C)C(C(C)(C)C)=CC1C)([c]1ccc(C(C)(C)C)cc1)([c]1ccc(C(C)(C)C)cc1)[c]1cccc2c1Cc1ccccc1-2. The Morgan fingerprint density at radius 3 is 1.54 bits per heavy atom. The van der Waals surface area contributed by atoms with Crippen molar-refractivity contribution in [2.45, 2.75) is 93.4 Å². The van der Waals surface area contributed by atoms with Crippen LogP contribution in [0.1, 0.15) is 98.4 Å². The van der Waals surface area contributed by atoms with Crippen LogP contribution in [0.15, 0.2) is 111 Å². The zero-order valence-electron chi connectivity index (χ0n) is 31.0. The summed E-state index contributed by atoms with van der Waals surface area (Å²) in [6.07, 6.45) is 3.54. The van der Waals surface area contributed by atoms with Crippen molar-refractivity contribution in [2.24, 2.45) is 11.3 Å². The van der Waals surface area contributed by atoms with Gasteiger partial charge in [0.15, 0.2) is 0 Å². The van der Waals surface area contributed by atoms with Crippen LogP contribution in [0.2, 0.25) is 0 Å². The molecule has 0 aromatic heterocycles. The van der Waals surface area contributed by atoms with Crippen LogP contribution < -0.4 is 9.81 Å². The molecule has 2 aliphatic carbocycles. The molecule has 48 heavy (non-hydrogen) atoms. The molecule has 0 bridgehead atoms. The topological polar surface area (TPSA) is 0 Å². The van der Waals surface area contributed by atoms with Gasteiger partial charge in [-0.15, -0.1) is 24.8 Å². The Morgan fingerprint density at radius 1 is 0.604 bits per heavy atom. The maximum absolute atomic E-state index is 5.85. The van der Waals surface area contributed by atoms with Crippen molar-refractivity contribution in [1.82, 2.24) is 0 Å². The first-order valence-corrected chi connectivity index (χ1v) is 23.9. The second kappa shape index (κ2) is 12.8. The maximum atomic E-state index is 5.85. The molecule has 0 aliphatic heterocycles. The fourth-order valence-electron chi connectivity index (χ4n) is 8.96. The molecule has 4 aromatic carbocycles. The van der Waals surface area contributed by atoms with Crippen molar-refractivity contribution < 1.29 is 18.3 Å². The van der Waals surface area contributed by atoms with Crippen LogP contribution >= 0.6 is 24.8 Å². The number of hydrogen-bond donors (Lipinski definition) is 0. The van der Waals surface area contributed by atoms with Crippen LogP contribution in [0.4, 0.5) is 0 Å². The van der Waals surface area contributed by atoms with Crippen molar-refractivity contribution in [3.05, 3.63) is 134 Å². The van der Waals surface area contributed by atoms with Gasteiger partial charge in [0.1, 0.15) is 0 Å². The van der Waals surface area contributed by atoms with E-state index in [-0.39, 0.29) is 41.1 Å². The van der Waals surface area contributed by atoms with Crippen LogP contribution in [-0.4, -0.2) is 4.21 Å². The van der Waals surface area contributed by atoms with E-state index in [2.05, 4.69) is 173 Å². The van der Waals surface area contributed by atoms with E-state index in [9.17, 15) is 0 Å². The number of fused-ring (bicyclic) bond motifs is 3. The summed E-state index contributed by atoms with van der Waals surface area (Å²) in [6.45, 7) is 25.9. The van der Waals surface area contributed by atoms with Gasteiger partial charge in [-0.05, 0) is 0 Å². The van der Waals surface area contributed by atoms with Crippen LogP contribution in [-0.2, 0) is 35.5 Å². The first kappa shape index (κ1) is 38.5. The number of hydrogen-bond acceptors (Lipinski definition) is 0. The van der Waals surface area contributed by atoms with Crippen LogP contribution in [0.3, 0.4) is 0 Å². The summed E-state index contributed by atoms with van der Waals surface area (Å²) in [7, 11) is 0. The molecule has 4 aromatic rings. The van der Waals surface area contributed by atoms with E-state index in [1.165, 1.54) is 54.3 Å². The predicted octanol–water partition coefficient (Wildman–Crippen LogP) is 11.0. The molecule has 0 saturated carbocycles. The fourth-order valence-corrected chi connectivity index (χ4v) is 26.4. The zero-order valence-corrected chi connectivity index (χ0v) is 35.1. The third kappa shape index (κ3) is 5.85. The minimum atomic E-state index is -4.97. The molecular weight excluding hydrogens is 703 g/mol. The average Bonchev–Trinajstić information content (AvgIpc) is 3.53. The van der Waals surface area contributed by atoms with E-state index in [1.807, 2.05) is 0 Å². The number of allylic oxidation sites excluding steroid dienone is 4. The molecule has 0 spiro atoms. The number of benzene rings is 4. The average molecular weight is 759 g/mol. The molecule has 0 heterocycles. The molecule has 254 valence electrons.